The number of ether oxygens (including phenoxy) is 1. The van der Waals surface area contributed by atoms with E-state index in [0.29, 0.717) is 36.0 Å². The summed E-state index contributed by atoms with van der Waals surface area (Å²) in [5, 5.41) is 3.45. The molecule has 8 nitrogen and oxygen atoms in total. The summed E-state index contributed by atoms with van der Waals surface area (Å²) in [5.41, 5.74) is 2.06. The number of halogens is 1. The minimum atomic E-state index is -3.67. The Balaban J connectivity index is 1.89. The van der Waals surface area contributed by atoms with Gasteiger partial charge < -0.3 is 15.0 Å². The van der Waals surface area contributed by atoms with E-state index in [9.17, 15) is 18.0 Å². The van der Waals surface area contributed by atoms with Gasteiger partial charge in [0.1, 0.15) is 11.8 Å². The second-order valence-corrected chi connectivity index (χ2v) is 12.3. The number of carbonyl (C=O) groups is 2. The van der Waals surface area contributed by atoms with E-state index in [2.05, 4.69) is 5.32 Å². The summed E-state index contributed by atoms with van der Waals surface area (Å²) >= 11 is 6.48. The molecule has 3 aromatic carbocycles. The van der Waals surface area contributed by atoms with Crippen LogP contribution < -0.4 is 14.4 Å². The smallest absolute Gasteiger partial charge is 0.243 e. The number of hydrogen-bond acceptors (Lipinski definition) is 5. The highest BCUT2D eigenvalue weighted by Gasteiger charge is 2.31. The Morgan fingerprint density at radius 1 is 0.952 bits per heavy atom. The number of amides is 2. The number of nitrogens with zero attached hydrogens (tertiary/aromatic N) is 2. The molecule has 0 heterocycles. The van der Waals surface area contributed by atoms with Crippen LogP contribution in [-0.2, 0) is 32.6 Å². The standard InChI is InChI=1S/C32H40ClN3O5S/c1-4-21-34-32(38)29(23-25-14-7-6-8-15-25)35(24-26-16-9-10-17-27(26)33)31(37)20-13-22-36(42(3,39)40)28-18-11-12-19-30(28)41-5-2/h6-12,14-19,29H,4-5,13,20-24H2,1-3H3,(H,34,38)/t29-/m0/s1. The van der Waals surface area contributed by atoms with Crippen LogP contribution in [0.1, 0.15) is 44.2 Å². The van der Waals surface area contributed by atoms with Crippen LogP contribution in [0.2, 0.25) is 5.02 Å². The first-order chi connectivity index (χ1) is 20.2. The molecule has 0 spiro atoms. The first kappa shape index (κ1) is 32.9. The average Bonchev–Trinajstić information content (AvgIpc) is 2.97. The van der Waals surface area contributed by atoms with Gasteiger partial charge in [0, 0.05) is 37.5 Å². The molecule has 10 heteroatoms. The third-order valence-electron chi connectivity index (χ3n) is 6.70. The van der Waals surface area contributed by atoms with Crippen molar-refractivity contribution in [2.24, 2.45) is 0 Å². The van der Waals surface area contributed by atoms with Gasteiger partial charge in [-0.25, -0.2) is 8.42 Å². The molecule has 0 saturated carbocycles. The lowest BCUT2D eigenvalue weighted by molar-refractivity contribution is -0.141. The Morgan fingerprint density at radius 2 is 1.62 bits per heavy atom. The van der Waals surface area contributed by atoms with Gasteiger partial charge in [-0.1, -0.05) is 79.2 Å². The zero-order valence-electron chi connectivity index (χ0n) is 24.5. The number of carbonyl (C=O) groups excluding carboxylic acids is 2. The molecule has 0 saturated heterocycles. The first-order valence-corrected chi connectivity index (χ1v) is 16.4. The SMILES string of the molecule is CCCNC(=O)[C@H](Cc1ccccc1)N(Cc1ccccc1Cl)C(=O)CCCN(c1ccccc1OCC)S(C)(=O)=O. The van der Waals surface area contributed by atoms with Gasteiger partial charge >= 0.3 is 0 Å². The minimum Gasteiger partial charge on any atom is -0.492 e. The summed E-state index contributed by atoms with van der Waals surface area (Å²) in [6.07, 6.45) is 2.48. The molecule has 0 aromatic heterocycles. The summed E-state index contributed by atoms with van der Waals surface area (Å²) in [4.78, 5) is 29.0. The van der Waals surface area contributed by atoms with E-state index < -0.39 is 16.1 Å². The maximum Gasteiger partial charge on any atom is 0.243 e. The summed E-state index contributed by atoms with van der Waals surface area (Å²) in [5.74, 6) is -0.0637. The number of para-hydroxylation sites is 2. The molecule has 0 aliphatic rings. The van der Waals surface area contributed by atoms with Gasteiger partial charge in [0.05, 0.1) is 18.6 Å². The Bertz CT molecular complexity index is 1420. The fourth-order valence-corrected chi connectivity index (χ4v) is 5.82. The molecule has 0 aliphatic heterocycles. The minimum absolute atomic E-state index is 0.0274. The first-order valence-electron chi connectivity index (χ1n) is 14.2. The lowest BCUT2D eigenvalue weighted by Gasteiger charge is -2.32. The lowest BCUT2D eigenvalue weighted by Crippen LogP contribution is -2.50. The van der Waals surface area contributed by atoms with Crippen LogP contribution in [0.15, 0.2) is 78.9 Å². The van der Waals surface area contributed by atoms with Crippen molar-refractivity contribution in [3.05, 3.63) is 95.0 Å². The third kappa shape index (κ3) is 9.49. The van der Waals surface area contributed by atoms with Gasteiger partial charge in [-0.05, 0) is 49.1 Å². The average molecular weight is 614 g/mol. The van der Waals surface area contributed by atoms with E-state index in [4.69, 9.17) is 16.3 Å². The van der Waals surface area contributed by atoms with E-state index in [1.165, 1.54) is 4.31 Å². The van der Waals surface area contributed by atoms with Gasteiger partial charge in [0.2, 0.25) is 21.8 Å². The highest BCUT2D eigenvalue weighted by Crippen LogP contribution is 2.30. The van der Waals surface area contributed by atoms with Crippen molar-refractivity contribution in [3.8, 4) is 5.75 Å². The number of rotatable bonds is 16. The normalized spacial score (nSPS) is 11.9. The van der Waals surface area contributed by atoms with Crippen molar-refractivity contribution in [1.82, 2.24) is 10.2 Å². The Labute approximate surface area is 254 Å². The van der Waals surface area contributed by atoms with Crippen molar-refractivity contribution >= 4 is 39.1 Å². The quantitative estimate of drug-likeness (QED) is 0.232. The molecule has 0 fully saturated rings. The molecule has 0 unspecified atom stereocenters. The summed E-state index contributed by atoms with van der Waals surface area (Å²) in [6, 6.07) is 22.9. The Hall–Kier alpha value is -3.56. The second kappa shape index (κ2) is 16.2. The zero-order chi connectivity index (χ0) is 30.5. The van der Waals surface area contributed by atoms with Crippen LogP contribution in [-0.4, -0.2) is 57.1 Å². The topological polar surface area (TPSA) is 96.0 Å². The van der Waals surface area contributed by atoms with Crippen LogP contribution in [0.25, 0.3) is 0 Å². The van der Waals surface area contributed by atoms with Crippen molar-refractivity contribution < 1.29 is 22.7 Å². The lowest BCUT2D eigenvalue weighted by atomic mass is 10.0. The Morgan fingerprint density at radius 3 is 2.29 bits per heavy atom. The van der Waals surface area contributed by atoms with Gasteiger partial charge in [0.25, 0.3) is 0 Å². The Kier molecular flexibility index (Phi) is 12.7. The predicted octanol–water partition coefficient (Wildman–Crippen LogP) is 5.45. The van der Waals surface area contributed by atoms with E-state index in [1.54, 1.807) is 35.2 Å². The number of sulfonamides is 1. The van der Waals surface area contributed by atoms with Gasteiger partial charge in [0.15, 0.2) is 0 Å². The van der Waals surface area contributed by atoms with Gasteiger partial charge in [-0.3, -0.25) is 13.9 Å². The van der Waals surface area contributed by atoms with Crippen molar-refractivity contribution in [1.29, 1.82) is 0 Å². The van der Waals surface area contributed by atoms with Crippen LogP contribution in [0, 0.1) is 0 Å². The maximum atomic E-state index is 13.9. The molecule has 3 rings (SSSR count). The number of nitrogens with one attached hydrogen (secondary N) is 1. The summed E-state index contributed by atoms with van der Waals surface area (Å²) < 4.78 is 32.5. The number of benzene rings is 3. The highest BCUT2D eigenvalue weighted by atomic mass is 35.5. The molecule has 0 radical (unpaired) electrons. The molecule has 3 aromatic rings. The highest BCUT2D eigenvalue weighted by molar-refractivity contribution is 7.92. The molecule has 1 N–H and O–H groups in total. The molecule has 1 atom stereocenters. The largest absolute Gasteiger partial charge is 0.492 e. The van der Waals surface area contributed by atoms with Gasteiger partial charge in [-0.2, -0.15) is 0 Å². The molecule has 0 bridgehead atoms. The van der Waals surface area contributed by atoms with Gasteiger partial charge in [-0.15, -0.1) is 0 Å². The summed E-state index contributed by atoms with van der Waals surface area (Å²) in [7, 11) is -3.67. The number of anilines is 1. The van der Waals surface area contributed by atoms with Crippen LogP contribution in [0.3, 0.4) is 0 Å². The van der Waals surface area contributed by atoms with Crippen molar-refractivity contribution in [2.75, 3.05) is 30.3 Å². The third-order valence-corrected chi connectivity index (χ3v) is 8.25. The molecular formula is C32H40ClN3O5S. The summed E-state index contributed by atoms with van der Waals surface area (Å²) in [6.45, 7) is 4.87. The van der Waals surface area contributed by atoms with E-state index >= 15 is 0 Å². The van der Waals surface area contributed by atoms with Crippen molar-refractivity contribution in [3.63, 3.8) is 0 Å². The maximum absolute atomic E-state index is 13.9. The number of hydrogen-bond donors (Lipinski definition) is 1. The van der Waals surface area contributed by atoms with Crippen LogP contribution >= 0.6 is 11.6 Å². The molecule has 226 valence electrons. The molecule has 2 amide bonds. The monoisotopic (exact) mass is 613 g/mol. The predicted molar refractivity (Wildman–Crippen MR) is 168 cm³/mol. The van der Waals surface area contributed by atoms with E-state index in [1.807, 2.05) is 62.4 Å². The molecular weight excluding hydrogens is 574 g/mol. The van der Waals surface area contributed by atoms with E-state index in [-0.39, 0.29) is 37.7 Å². The van der Waals surface area contributed by atoms with Crippen LogP contribution in [0.5, 0.6) is 5.75 Å². The van der Waals surface area contributed by atoms with Crippen LogP contribution in [0.4, 0.5) is 5.69 Å². The fourth-order valence-electron chi connectivity index (χ4n) is 4.65. The zero-order valence-corrected chi connectivity index (χ0v) is 26.0. The van der Waals surface area contributed by atoms with Crippen molar-refractivity contribution in [2.45, 2.75) is 52.1 Å². The molecule has 0 aliphatic carbocycles. The fraction of sp³-hybridized carbons (Fsp3) is 0.375. The second-order valence-electron chi connectivity index (χ2n) is 9.95. The van der Waals surface area contributed by atoms with E-state index in [0.717, 1.165) is 23.8 Å². The molecule has 42 heavy (non-hydrogen) atoms.